The van der Waals surface area contributed by atoms with Gasteiger partial charge >= 0.3 is 0 Å². The third kappa shape index (κ3) is 1.91. The third-order valence-electron chi connectivity index (χ3n) is 1.53. The molecule has 1 aliphatic heterocycles. The van der Waals surface area contributed by atoms with Crippen LogP contribution in [0.25, 0.3) is 0 Å². The molecule has 12 heavy (non-hydrogen) atoms. The van der Waals surface area contributed by atoms with E-state index in [1.807, 2.05) is 19.1 Å². The van der Waals surface area contributed by atoms with Crippen LogP contribution in [-0.2, 0) is 9.47 Å². The van der Waals surface area contributed by atoms with Gasteiger partial charge in [-0.1, -0.05) is 19.6 Å². The average Bonchev–Trinajstić information content (AvgIpc) is 2.48. The maximum absolute atomic E-state index is 5.24. The molecule has 0 radical (unpaired) electrons. The van der Waals surface area contributed by atoms with Crippen molar-refractivity contribution in [2.75, 3.05) is 6.79 Å². The lowest BCUT2D eigenvalue weighted by Crippen LogP contribution is -1.85. The van der Waals surface area contributed by atoms with Crippen LogP contribution in [0.5, 0.6) is 0 Å². The zero-order valence-corrected chi connectivity index (χ0v) is 7.59. The van der Waals surface area contributed by atoms with Gasteiger partial charge < -0.3 is 9.47 Å². The van der Waals surface area contributed by atoms with Crippen LogP contribution in [0.3, 0.4) is 0 Å². The van der Waals surface area contributed by atoms with Gasteiger partial charge in [-0.05, 0) is 25.0 Å². The van der Waals surface area contributed by atoms with Gasteiger partial charge in [-0.2, -0.15) is 0 Å². The molecule has 0 N–H and O–H groups in total. The van der Waals surface area contributed by atoms with E-state index in [0.29, 0.717) is 6.79 Å². The van der Waals surface area contributed by atoms with Crippen molar-refractivity contribution in [2.24, 2.45) is 0 Å². The molecule has 66 valence electrons. The molecule has 0 saturated heterocycles. The van der Waals surface area contributed by atoms with E-state index in [2.05, 4.69) is 13.5 Å². The monoisotopic (exact) mass is 166 g/mol. The van der Waals surface area contributed by atoms with Gasteiger partial charge in [-0.3, -0.25) is 0 Å². The van der Waals surface area contributed by atoms with Gasteiger partial charge in [0.1, 0.15) is 0 Å². The Balaban J connectivity index is 2.76. The van der Waals surface area contributed by atoms with Crippen molar-refractivity contribution in [2.45, 2.75) is 20.3 Å². The second kappa shape index (κ2) is 4.00. The Morgan fingerprint density at radius 2 is 2.33 bits per heavy atom. The maximum atomic E-state index is 5.24. The van der Waals surface area contributed by atoms with Crippen LogP contribution in [-0.4, -0.2) is 6.79 Å². The molecule has 1 heterocycles. The van der Waals surface area contributed by atoms with E-state index in [1.54, 1.807) is 0 Å². The summed E-state index contributed by atoms with van der Waals surface area (Å²) in [6.45, 7) is 8.09. The third-order valence-corrected chi connectivity index (χ3v) is 1.53. The van der Waals surface area contributed by atoms with Crippen LogP contribution >= 0.6 is 0 Å². The lowest BCUT2D eigenvalue weighted by molar-refractivity contribution is 0.0767. The number of hydrogen-bond acceptors (Lipinski definition) is 2. The zero-order valence-electron chi connectivity index (χ0n) is 7.59. The largest absolute Gasteiger partial charge is 0.454 e. The van der Waals surface area contributed by atoms with Gasteiger partial charge in [0.2, 0.25) is 6.79 Å². The predicted octanol–water partition coefficient (Wildman–Crippen LogP) is 2.74. The predicted molar refractivity (Wildman–Crippen MR) is 48.3 cm³/mol. The average molecular weight is 166 g/mol. The second-order valence-electron chi connectivity index (χ2n) is 2.69. The van der Waals surface area contributed by atoms with Gasteiger partial charge in [-0.25, -0.2) is 0 Å². The van der Waals surface area contributed by atoms with E-state index < -0.39 is 0 Å². The van der Waals surface area contributed by atoms with Crippen molar-refractivity contribution in [3.8, 4) is 0 Å². The van der Waals surface area contributed by atoms with E-state index in [1.165, 1.54) is 0 Å². The highest BCUT2D eigenvalue weighted by atomic mass is 16.7. The summed E-state index contributed by atoms with van der Waals surface area (Å²) < 4.78 is 10.5. The lowest BCUT2D eigenvalue weighted by atomic mass is 10.2. The lowest BCUT2D eigenvalue weighted by Gasteiger charge is -1.97. The van der Waals surface area contributed by atoms with Gasteiger partial charge in [0.15, 0.2) is 11.5 Å². The molecule has 0 bridgehead atoms. The van der Waals surface area contributed by atoms with Crippen molar-refractivity contribution in [3.05, 3.63) is 35.8 Å². The smallest absolute Gasteiger partial charge is 0.231 e. The van der Waals surface area contributed by atoms with E-state index in [9.17, 15) is 0 Å². The van der Waals surface area contributed by atoms with Crippen LogP contribution in [0.2, 0.25) is 0 Å². The summed E-state index contributed by atoms with van der Waals surface area (Å²) in [5.41, 5.74) is 0.906. The summed E-state index contributed by atoms with van der Waals surface area (Å²) in [7, 11) is 0. The Labute approximate surface area is 73.2 Å². The Bertz CT molecular complexity index is 236. The molecule has 0 atom stereocenters. The molecule has 0 fully saturated rings. The SMILES string of the molecule is C=C(C)C1=C(/C=C\CC)OCO1. The van der Waals surface area contributed by atoms with Crippen LogP contribution in [0.1, 0.15) is 20.3 Å². The second-order valence-corrected chi connectivity index (χ2v) is 2.69. The molecule has 1 aliphatic rings. The fourth-order valence-electron chi connectivity index (χ4n) is 0.971. The van der Waals surface area contributed by atoms with Crippen molar-refractivity contribution >= 4 is 0 Å². The molecule has 2 nitrogen and oxygen atoms in total. The van der Waals surface area contributed by atoms with Crippen molar-refractivity contribution in [1.29, 1.82) is 0 Å². The van der Waals surface area contributed by atoms with E-state index >= 15 is 0 Å². The first-order valence-corrected chi connectivity index (χ1v) is 4.08. The molecule has 0 spiro atoms. The van der Waals surface area contributed by atoms with Crippen LogP contribution in [0, 0.1) is 0 Å². The quantitative estimate of drug-likeness (QED) is 0.641. The minimum Gasteiger partial charge on any atom is -0.454 e. The van der Waals surface area contributed by atoms with Crippen LogP contribution in [0.15, 0.2) is 35.8 Å². The Hall–Kier alpha value is -1.18. The molecule has 0 saturated carbocycles. The van der Waals surface area contributed by atoms with Crippen LogP contribution < -0.4 is 0 Å². The van der Waals surface area contributed by atoms with Crippen molar-refractivity contribution in [3.63, 3.8) is 0 Å². The summed E-state index contributed by atoms with van der Waals surface area (Å²) in [5, 5.41) is 0. The number of hydrogen-bond donors (Lipinski definition) is 0. The summed E-state index contributed by atoms with van der Waals surface area (Å²) >= 11 is 0. The highest BCUT2D eigenvalue weighted by Gasteiger charge is 2.14. The molecule has 0 aromatic rings. The van der Waals surface area contributed by atoms with Crippen molar-refractivity contribution in [1.82, 2.24) is 0 Å². The minimum atomic E-state index is 0.311. The zero-order chi connectivity index (χ0) is 8.97. The molecule has 0 aromatic carbocycles. The standard InChI is InChI=1S/C10H14O2/c1-4-5-6-9-10(8(2)3)12-7-11-9/h5-6H,2,4,7H2,1,3H3/b6-5-. The first-order chi connectivity index (χ1) is 5.75. The fraction of sp³-hybridized carbons (Fsp3) is 0.400. The van der Waals surface area contributed by atoms with Gasteiger partial charge in [0.05, 0.1) is 0 Å². The first-order valence-electron chi connectivity index (χ1n) is 4.08. The molecule has 0 unspecified atom stereocenters. The summed E-state index contributed by atoms with van der Waals surface area (Å²) in [5.74, 6) is 1.57. The molecular weight excluding hydrogens is 152 g/mol. The maximum Gasteiger partial charge on any atom is 0.231 e. The number of allylic oxidation sites excluding steroid dienone is 3. The summed E-state index contributed by atoms with van der Waals surface area (Å²) in [4.78, 5) is 0. The number of ether oxygens (including phenoxy) is 2. The minimum absolute atomic E-state index is 0.311. The topological polar surface area (TPSA) is 18.5 Å². The van der Waals surface area contributed by atoms with E-state index in [-0.39, 0.29) is 0 Å². The Kier molecular flexibility index (Phi) is 2.97. The highest BCUT2D eigenvalue weighted by molar-refractivity contribution is 5.31. The molecular formula is C10H14O2. The molecule has 0 amide bonds. The van der Waals surface area contributed by atoms with E-state index in [0.717, 1.165) is 23.5 Å². The van der Waals surface area contributed by atoms with Gasteiger partial charge in [0, 0.05) is 0 Å². The van der Waals surface area contributed by atoms with E-state index in [4.69, 9.17) is 9.47 Å². The summed E-state index contributed by atoms with van der Waals surface area (Å²) in [6.07, 6.45) is 4.96. The molecule has 0 aromatic heterocycles. The molecule has 0 aliphatic carbocycles. The molecule has 1 rings (SSSR count). The first kappa shape index (κ1) is 8.91. The van der Waals surface area contributed by atoms with Gasteiger partial charge in [0.25, 0.3) is 0 Å². The van der Waals surface area contributed by atoms with Gasteiger partial charge in [-0.15, -0.1) is 0 Å². The fourth-order valence-corrected chi connectivity index (χ4v) is 0.971. The Morgan fingerprint density at radius 1 is 1.58 bits per heavy atom. The van der Waals surface area contributed by atoms with Crippen LogP contribution in [0.4, 0.5) is 0 Å². The summed E-state index contributed by atoms with van der Waals surface area (Å²) in [6, 6.07) is 0. The molecule has 2 heteroatoms. The highest BCUT2D eigenvalue weighted by Crippen LogP contribution is 2.22. The normalized spacial score (nSPS) is 16.5. The number of rotatable bonds is 3. The Morgan fingerprint density at radius 3 is 2.92 bits per heavy atom. The van der Waals surface area contributed by atoms with Crippen molar-refractivity contribution < 1.29 is 9.47 Å².